The average molecular weight is 475 g/mol. The Morgan fingerprint density at radius 3 is 2.27 bits per heavy atom. The zero-order valence-electron chi connectivity index (χ0n) is 21.0. The fraction of sp³-hybridized carbons (Fsp3) is 0.538. The molecule has 33 heavy (non-hydrogen) atoms. The van der Waals surface area contributed by atoms with Gasteiger partial charge in [0.25, 0.3) is 0 Å². The zero-order valence-corrected chi connectivity index (χ0v) is 21.8. The first-order valence-electron chi connectivity index (χ1n) is 12.1. The second-order valence-corrected chi connectivity index (χ2v) is 7.94. The first-order chi connectivity index (χ1) is 16.0. The fourth-order valence-electron chi connectivity index (χ4n) is 4.20. The van der Waals surface area contributed by atoms with Crippen molar-refractivity contribution in [2.45, 2.75) is 97.0 Å². The molecule has 2 heterocycles. The topological polar surface area (TPSA) is 86.2 Å². The fourth-order valence-corrected chi connectivity index (χ4v) is 4.46. The van der Waals surface area contributed by atoms with Crippen molar-refractivity contribution >= 4 is 17.6 Å². The van der Waals surface area contributed by atoms with Gasteiger partial charge in [0, 0.05) is 28.9 Å². The Morgan fingerprint density at radius 1 is 1.18 bits per heavy atom. The number of halogens is 1. The van der Waals surface area contributed by atoms with Crippen LogP contribution in [0.25, 0.3) is 0 Å². The summed E-state index contributed by atoms with van der Waals surface area (Å²) in [6.07, 6.45) is 5.52. The van der Waals surface area contributed by atoms with Crippen LogP contribution in [0.1, 0.15) is 96.0 Å². The molecule has 0 spiro atoms. The van der Waals surface area contributed by atoms with E-state index in [1.807, 2.05) is 53.7 Å². The quantitative estimate of drug-likeness (QED) is 0.451. The molecular weight excluding hydrogens is 435 g/mol. The van der Waals surface area contributed by atoms with Crippen molar-refractivity contribution in [1.29, 1.82) is 5.26 Å². The van der Waals surface area contributed by atoms with Crippen LogP contribution in [0.15, 0.2) is 29.3 Å². The molecule has 2 aromatic rings. The van der Waals surface area contributed by atoms with Crippen LogP contribution in [-0.2, 0) is 0 Å². The lowest BCUT2D eigenvalue weighted by Gasteiger charge is -2.48. The van der Waals surface area contributed by atoms with E-state index in [4.69, 9.17) is 5.14 Å². The summed E-state index contributed by atoms with van der Waals surface area (Å²) in [6.45, 7) is 13.6. The van der Waals surface area contributed by atoms with Gasteiger partial charge in [-0.15, -0.1) is 0 Å². The number of rotatable bonds is 3. The SMILES string of the molecule is CC.CC.CC.Cc1c(F)c(O)cc2c1C(C#N)CC(c1ccc(SN)cn1)N2C1CCC1. The normalized spacial score (nSPS) is 18.6. The van der Waals surface area contributed by atoms with Gasteiger partial charge in [-0.3, -0.25) is 10.1 Å². The summed E-state index contributed by atoms with van der Waals surface area (Å²) in [5, 5.41) is 25.5. The van der Waals surface area contributed by atoms with E-state index in [0.29, 0.717) is 23.6 Å². The molecule has 0 bridgehead atoms. The number of phenolic OH excluding ortho intramolecular Hbond substituents is 1. The van der Waals surface area contributed by atoms with Gasteiger partial charge in [-0.05, 0) is 67.8 Å². The summed E-state index contributed by atoms with van der Waals surface area (Å²) in [7, 11) is 0. The van der Waals surface area contributed by atoms with Crippen LogP contribution in [0.2, 0.25) is 0 Å². The third-order valence-corrected chi connectivity index (χ3v) is 6.30. The molecule has 1 aromatic carbocycles. The lowest BCUT2D eigenvalue weighted by molar-refractivity contribution is 0.335. The lowest BCUT2D eigenvalue weighted by atomic mass is 9.79. The summed E-state index contributed by atoms with van der Waals surface area (Å²) in [4.78, 5) is 7.70. The molecule has 1 aliphatic carbocycles. The van der Waals surface area contributed by atoms with Gasteiger partial charge in [0.1, 0.15) is 0 Å². The molecule has 1 aromatic heterocycles. The Bertz CT molecular complexity index is 910. The number of hydrogen-bond acceptors (Lipinski definition) is 6. The van der Waals surface area contributed by atoms with Crippen molar-refractivity contribution in [3.8, 4) is 11.8 Å². The van der Waals surface area contributed by atoms with Crippen LogP contribution in [0.3, 0.4) is 0 Å². The number of phenols is 1. The molecular formula is C26H39FN4OS. The third kappa shape index (κ3) is 5.99. The highest BCUT2D eigenvalue weighted by molar-refractivity contribution is 7.97. The summed E-state index contributed by atoms with van der Waals surface area (Å²) in [5.74, 6) is -1.44. The molecule has 7 heteroatoms. The van der Waals surface area contributed by atoms with Crippen LogP contribution >= 0.6 is 11.9 Å². The number of nitrogens with zero attached hydrogens (tertiary/aromatic N) is 3. The van der Waals surface area contributed by atoms with Gasteiger partial charge in [-0.2, -0.15) is 5.26 Å². The minimum absolute atomic E-state index is 0.0893. The molecule has 1 saturated carbocycles. The number of fused-ring (bicyclic) bond motifs is 1. The molecule has 0 amide bonds. The van der Waals surface area contributed by atoms with Gasteiger partial charge in [0.2, 0.25) is 0 Å². The molecule has 1 fully saturated rings. The van der Waals surface area contributed by atoms with Gasteiger partial charge >= 0.3 is 0 Å². The number of hydrogen-bond donors (Lipinski definition) is 2. The number of nitrogens with two attached hydrogens (primary N) is 1. The van der Waals surface area contributed by atoms with Gasteiger partial charge in [-0.1, -0.05) is 41.5 Å². The second-order valence-electron chi connectivity index (χ2n) is 7.23. The highest BCUT2D eigenvalue weighted by Crippen LogP contribution is 2.50. The maximum Gasteiger partial charge on any atom is 0.168 e. The molecule has 3 N–H and O–H groups in total. The van der Waals surface area contributed by atoms with Gasteiger partial charge in [0.05, 0.1) is 23.7 Å². The lowest BCUT2D eigenvalue weighted by Crippen LogP contribution is -2.46. The molecule has 2 atom stereocenters. The van der Waals surface area contributed by atoms with Crippen LogP contribution in [-0.4, -0.2) is 16.1 Å². The highest BCUT2D eigenvalue weighted by Gasteiger charge is 2.41. The van der Waals surface area contributed by atoms with E-state index in [1.165, 1.54) is 6.07 Å². The Morgan fingerprint density at radius 2 is 1.82 bits per heavy atom. The number of nitriles is 1. The molecule has 4 rings (SSSR count). The van der Waals surface area contributed by atoms with Crippen LogP contribution < -0.4 is 10.0 Å². The van der Waals surface area contributed by atoms with E-state index in [-0.39, 0.29) is 11.8 Å². The Balaban J connectivity index is 0.000000841. The van der Waals surface area contributed by atoms with Gasteiger partial charge < -0.3 is 10.0 Å². The Hall–Kier alpha value is -2.30. The van der Waals surface area contributed by atoms with E-state index < -0.39 is 11.7 Å². The van der Waals surface area contributed by atoms with E-state index in [1.54, 1.807) is 13.1 Å². The van der Waals surface area contributed by atoms with E-state index in [9.17, 15) is 14.8 Å². The second kappa shape index (κ2) is 14.1. The molecule has 2 unspecified atom stereocenters. The summed E-state index contributed by atoms with van der Waals surface area (Å²) < 4.78 is 14.4. The summed E-state index contributed by atoms with van der Waals surface area (Å²) in [6, 6.07) is 7.91. The van der Waals surface area contributed by atoms with E-state index in [0.717, 1.165) is 47.5 Å². The smallest absolute Gasteiger partial charge is 0.168 e. The number of benzene rings is 1. The van der Waals surface area contributed by atoms with Crippen molar-refractivity contribution < 1.29 is 9.50 Å². The first-order valence-corrected chi connectivity index (χ1v) is 13.0. The number of anilines is 1. The van der Waals surface area contributed by atoms with Gasteiger partial charge in [-0.25, -0.2) is 4.39 Å². The largest absolute Gasteiger partial charge is 0.505 e. The van der Waals surface area contributed by atoms with E-state index in [2.05, 4.69) is 16.0 Å². The Labute approximate surface area is 203 Å². The van der Waals surface area contributed by atoms with Crippen molar-refractivity contribution in [3.63, 3.8) is 0 Å². The zero-order chi connectivity index (χ0) is 25.1. The summed E-state index contributed by atoms with van der Waals surface area (Å²) >= 11 is 1.14. The monoisotopic (exact) mass is 474 g/mol. The van der Waals surface area contributed by atoms with Crippen LogP contribution in [0, 0.1) is 24.1 Å². The van der Waals surface area contributed by atoms with Crippen LogP contribution in [0.4, 0.5) is 10.1 Å². The molecule has 182 valence electrons. The molecule has 1 aliphatic heterocycles. The van der Waals surface area contributed by atoms with Crippen molar-refractivity contribution in [1.82, 2.24) is 4.98 Å². The van der Waals surface area contributed by atoms with E-state index >= 15 is 0 Å². The predicted octanol–water partition coefficient (Wildman–Crippen LogP) is 7.39. The number of aromatic nitrogens is 1. The van der Waals surface area contributed by atoms with Crippen molar-refractivity contribution in [2.75, 3.05) is 4.90 Å². The van der Waals surface area contributed by atoms with Gasteiger partial charge in [0.15, 0.2) is 11.6 Å². The predicted molar refractivity (Wildman–Crippen MR) is 137 cm³/mol. The minimum atomic E-state index is -0.636. The average Bonchev–Trinajstić information content (AvgIpc) is 2.85. The Kier molecular flexibility index (Phi) is 12.2. The highest BCUT2D eigenvalue weighted by atomic mass is 32.2. The number of pyridine rings is 1. The van der Waals surface area contributed by atoms with Crippen molar-refractivity contribution in [3.05, 3.63) is 47.0 Å². The third-order valence-electron chi connectivity index (χ3n) is 5.79. The number of aromatic hydroxyl groups is 1. The summed E-state index contributed by atoms with van der Waals surface area (Å²) in [5.41, 5.74) is 2.69. The molecule has 0 radical (unpaired) electrons. The molecule has 2 aliphatic rings. The maximum absolute atomic E-state index is 14.4. The molecule has 0 saturated heterocycles. The van der Waals surface area contributed by atoms with Crippen LogP contribution in [0.5, 0.6) is 5.75 Å². The standard InChI is InChI=1S/C20H21FN4OS.3C2H6/c1-11-19-12(9-22)7-16(15-6-5-14(27-23)10-24-15)25(13-3-2-4-13)17(19)8-18(26)20(11)21;3*1-2/h5-6,8,10,12-13,16,26H,2-4,7,23H2,1H3;3*1-2H3. The molecule has 5 nitrogen and oxygen atoms in total. The maximum atomic E-state index is 14.4. The first kappa shape index (κ1) is 28.7. The minimum Gasteiger partial charge on any atom is -0.505 e. The van der Waals surface area contributed by atoms with Crippen molar-refractivity contribution in [2.24, 2.45) is 5.14 Å².